The minimum atomic E-state index is -5.08. The molecule has 0 bridgehead atoms. The smallest absolute Gasteiger partial charge is 0.475 e. The standard InChI is InChI=1S/C27H25N3O3.C2HF3O2/c28-22(15-17-7-2-1-3-8-17)27(33)30-14-13-29-16-23(30)20-11-6-12-21-24(20)26(32)19-10-5-4-9-18(19)25(21)31;3-2(4,5)1(6)7/h1-12,22-23,29H,13-16,28H2;(H,6,7)/t22-,23?;/m0./s1. The van der Waals surface area contributed by atoms with E-state index in [-0.39, 0.29) is 23.5 Å². The molecule has 208 valence electrons. The first-order chi connectivity index (χ1) is 19.0. The molecule has 2 aliphatic rings. The van der Waals surface area contributed by atoms with Crippen molar-refractivity contribution in [3.8, 4) is 0 Å². The predicted octanol–water partition coefficient (Wildman–Crippen LogP) is 3.14. The second-order valence-corrected chi connectivity index (χ2v) is 9.32. The number of nitrogens with one attached hydrogen (secondary N) is 1. The lowest BCUT2D eigenvalue weighted by Crippen LogP contribution is -2.54. The molecule has 11 heteroatoms. The third-order valence-corrected chi connectivity index (χ3v) is 6.73. The lowest BCUT2D eigenvalue weighted by molar-refractivity contribution is -0.192. The van der Waals surface area contributed by atoms with Crippen LogP contribution < -0.4 is 11.1 Å². The van der Waals surface area contributed by atoms with Gasteiger partial charge < -0.3 is 21.1 Å². The van der Waals surface area contributed by atoms with Crippen LogP contribution in [0.3, 0.4) is 0 Å². The quantitative estimate of drug-likeness (QED) is 0.354. The van der Waals surface area contributed by atoms with Crippen molar-refractivity contribution in [1.82, 2.24) is 10.2 Å². The summed E-state index contributed by atoms with van der Waals surface area (Å²) in [6.45, 7) is 1.61. The van der Waals surface area contributed by atoms with Crippen LogP contribution in [0.2, 0.25) is 0 Å². The van der Waals surface area contributed by atoms with Gasteiger partial charge in [-0.1, -0.05) is 72.8 Å². The molecular weight excluding hydrogens is 527 g/mol. The first-order valence-corrected chi connectivity index (χ1v) is 12.4. The highest BCUT2D eigenvalue weighted by Gasteiger charge is 2.39. The van der Waals surface area contributed by atoms with Crippen LogP contribution in [0.5, 0.6) is 0 Å². The van der Waals surface area contributed by atoms with Crippen molar-refractivity contribution in [2.45, 2.75) is 24.7 Å². The van der Waals surface area contributed by atoms with Crippen molar-refractivity contribution < 1.29 is 37.5 Å². The maximum absolute atomic E-state index is 13.5. The van der Waals surface area contributed by atoms with Crippen LogP contribution in [0.15, 0.2) is 72.8 Å². The number of ketones is 2. The van der Waals surface area contributed by atoms with Gasteiger partial charge in [0.05, 0.1) is 12.1 Å². The zero-order chi connectivity index (χ0) is 29.0. The Bertz CT molecular complexity index is 1440. The Balaban J connectivity index is 0.000000470. The average molecular weight is 554 g/mol. The largest absolute Gasteiger partial charge is 0.490 e. The Morgan fingerprint density at radius 1 is 0.925 bits per heavy atom. The van der Waals surface area contributed by atoms with E-state index in [1.54, 1.807) is 41.3 Å². The van der Waals surface area contributed by atoms with E-state index in [0.717, 1.165) is 5.56 Å². The van der Waals surface area contributed by atoms with Crippen LogP contribution in [0, 0.1) is 0 Å². The van der Waals surface area contributed by atoms with E-state index < -0.39 is 18.2 Å². The van der Waals surface area contributed by atoms with E-state index in [4.69, 9.17) is 15.6 Å². The van der Waals surface area contributed by atoms with Gasteiger partial charge in [0.25, 0.3) is 0 Å². The van der Waals surface area contributed by atoms with Gasteiger partial charge in [-0.3, -0.25) is 14.4 Å². The molecule has 40 heavy (non-hydrogen) atoms. The summed E-state index contributed by atoms with van der Waals surface area (Å²) < 4.78 is 31.7. The van der Waals surface area contributed by atoms with E-state index in [9.17, 15) is 27.6 Å². The number of piperazine rings is 1. The SMILES string of the molecule is N[C@@H](Cc1ccccc1)C(=O)N1CCNCC1c1cccc2c1C(=O)c1ccccc1C2=O.O=C(O)C(F)(F)F. The molecular formula is C29H26F3N3O5. The molecule has 1 aliphatic carbocycles. The number of hydrogen-bond donors (Lipinski definition) is 3. The highest BCUT2D eigenvalue weighted by Crippen LogP contribution is 2.34. The summed E-state index contributed by atoms with van der Waals surface area (Å²) in [4.78, 5) is 50.7. The van der Waals surface area contributed by atoms with Gasteiger partial charge >= 0.3 is 12.1 Å². The predicted molar refractivity (Wildman–Crippen MR) is 139 cm³/mol. The van der Waals surface area contributed by atoms with Crippen LogP contribution in [0.25, 0.3) is 0 Å². The summed E-state index contributed by atoms with van der Waals surface area (Å²) in [6, 6.07) is 20.8. The second-order valence-electron chi connectivity index (χ2n) is 9.32. The Morgan fingerprint density at radius 3 is 2.12 bits per heavy atom. The monoisotopic (exact) mass is 553 g/mol. The lowest BCUT2D eigenvalue weighted by atomic mass is 9.80. The van der Waals surface area contributed by atoms with Crippen LogP contribution in [0.1, 0.15) is 49.0 Å². The van der Waals surface area contributed by atoms with Crippen molar-refractivity contribution in [2.75, 3.05) is 19.6 Å². The Morgan fingerprint density at radius 2 is 1.50 bits per heavy atom. The summed E-state index contributed by atoms with van der Waals surface area (Å²) in [5.74, 6) is -3.25. The number of nitrogens with two attached hydrogens (primary N) is 1. The fraction of sp³-hybridized carbons (Fsp3) is 0.241. The summed E-state index contributed by atoms with van der Waals surface area (Å²) >= 11 is 0. The third-order valence-electron chi connectivity index (χ3n) is 6.73. The number of alkyl halides is 3. The molecule has 3 aromatic carbocycles. The van der Waals surface area contributed by atoms with Gasteiger partial charge in [-0.05, 0) is 17.5 Å². The molecule has 4 N–H and O–H groups in total. The molecule has 1 saturated heterocycles. The maximum Gasteiger partial charge on any atom is 0.490 e. The number of carboxylic acid groups (broad SMARTS) is 1. The summed E-state index contributed by atoms with van der Waals surface area (Å²) in [6.07, 6.45) is -4.64. The first kappa shape index (κ1) is 28.7. The molecule has 0 spiro atoms. The topological polar surface area (TPSA) is 130 Å². The summed E-state index contributed by atoms with van der Waals surface area (Å²) in [5.41, 5.74) is 9.64. The molecule has 0 aromatic heterocycles. The van der Waals surface area contributed by atoms with E-state index in [0.29, 0.717) is 53.9 Å². The van der Waals surface area contributed by atoms with Gasteiger partial charge in [0, 0.05) is 41.9 Å². The third kappa shape index (κ3) is 5.95. The van der Waals surface area contributed by atoms with Gasteiger partial charge in [-0.2, -0.15) is 13.2 Å². The minimum Gasteiger partial charge on any atom is -0.475 e. The average Bonchev–Trinajstić information content (AvgIpc) is 2.95. The minimum absolute atomic E-state index is 0.155. The number of aliphatic carboxylic acids is 1. The van der Waals surface area contributed by atoms with Crippen LogP contribution >= 0.6 is 0 Å². The van der Waals surface area contributed by atoms with Crippen LogP contribution in [-0.4, -0.2) is 65.3 Å². The molecule has 3 aromatic rings. The molecule has 8 nitrogen and oxygen atoms in total. The molecule has 1 fully saturated rings. The number of rotatable bonds is 4. The number of fused-ring (bicyclic) bond motifs is 2. The van der Waals surface area contributed by atoms with Crippen molar-refractivity contribution in [1.29, 1.82) is 0 Å². The zero-order valence-corrected chi connectivity index (χ0v) is 21.1. The lowest BCUT2D eigenvalue weighted by Gasteiger charge is -2.39. The molecule has 2 atom stereocenters. The zero-order valence-electron chi connectivity index (χ0n) is 21.1. The molecule has 1 amide bonds. The molecule has 1 heterocycles. The highest BCUT2D eigenvalue weighted by atomic mass is 19.4. The number of nitrogens with zero attached hydrogens (tertiary/aromatic N) is 1. The highest BCUT2D eigenvalue weighted by molar-refractivity contribution is 6.28. The van der Waals surface area contributed by atoms with E-state index in [1.807, 2.05) is 36.4 Å². The number of hydrogen-bond acceptors (Lipinski definition) is 6. The molecule has 1 aliphatic heterocycles. The van der Waals surface area contributed by atoms with E-state index in [2.05, 4.69) is 5.32 Å². The number of amides is 1. The molecule has 1 unspecified atom stereocenters. The molecule has 5 rings (SSSR count). The van der Waals surface area contributed by atoms with Gasteiger partial charge in [0.2, 0.25) is 5.91 Å². The number of benzene rings is 3. The van der Waals surface area contributed by atoms with Crippen molar-refractivity contribution in [3.63, 3.8) is 0 Å². The van der Waals surface area contributed by atoms with Crippen LogP contribution in [0.4, 0.5) is 13.2 Å². The van der Waals surface area contributed by atoms with E-state index >= 15 is 0 Å². The Labute approximate surface area is 227 Å². The summed E-state index contributed by atoms with van der Waals surface area (Å²) in [7, 11) is 0. The maximum atomic E-state index is 13.5. The Kier molecular flexibility index (Phi) is 8.46. The second kappa shape index (κ2) is 11.8. The van der Waals surface area contributed by atoms with Gasteiger partial charge in [0.1, 0.15) is 0 Å². The van der Waals surface area contributed by atoms with Gasteiger partial charge in [0.15, 0.2) is 11.6 Å². The first-order valence-electron chi connectivity index (χ1n) is 12.4. The number of halogens is 3. The van der Waals surface area contributed by atoms with Gasteiger partial charge in [-0.25, -0.2) is 4.79 Å². The van der Waals surface area contributed by atoms with Crippen molar-refractivity contribution in [2.24, 2.45) is 5.73 Å². The molecule has 0 radical (unpaired) electrons. The van der Waals surface area contributed by atoms with E-state index in [1.165, 1.54) is 0 Å². The summed E-state index contributed by atoms with van der Waals surface area (Å²) in [5, 5.41) is 10.5. The van der Waals surface area contributed by atoms with Gasteiger partial charge in [-0.15, -0.1) is 0 Å². The Hall–Kier alpha value is -4.35. The van der Waals surface area contributed by atoms with Crippen molar-refractivity contribution >= 4 is 23.4 Å². The number of carbonyl (C=O) groups is 4. The number of carboxylic acids is 1. The number of carbonyl (C=O) groups excluding carboxylic acids is 3. The fourth-order valence-electron chi connectivity index (χ4n) is 4.86. The molecule has 0 saturated carbocycles. The fourth-order valence-corrected chi connectivity index (χ4v) is 4.86. The van der Waals surface area contributed by atoms with Crippen molar-refractivity contribution in [3.05, 3.63) is 106 Å². The van der Waals surface area contributed by atoms with Crippen LogP contribution in [-0.2, 0) is 16.0 Å². The normalized spacial score (nSPS) is 17.2.